The number of hydrogen-bond donors (Lipinski definition) is 3. The van der Waals surface area contributed by atoms with Crippen LogP contribution in [-0.4, -0.2) is 41.1 Å². The van der Waals surface area contributed by atoms with Crippen LogP contribution < -0.4 is 4.74 Å². The van der Waals surface area contributed by atoms with Crippen molar-refractivity contribution in [1.82, 2.24) is 0 Å². The molecule has 0 aliphatic carbocycles. The van der Waals surface area contributed by atoms with E-state index in [-0.39, 0.29) is 37.6 Å². The maximum absolute atomic E-state index is 12.6. The molecule has 0 saturated carbocycles. The number of ether oxygens (including phenoxy) is 1. The SMILES string of the molecule is CC(CO)c1cccc(C(=O)Oc2cc(C(C)CO)cc(C(C)CO)c2)c1. The Bertz CT molecular complexity index is 743. The van der Waals surface area contributed by atoms with Crippen LogP contribution in [0.1, 0.15) is 65.6 Å². The zero-order chi connectivity index (χ0) is 20.0. The number of carbonyl (C=O) groups is 1. The summed E-state index contributed by atoms with van der Waals surface area (Å²) >= 11 is 0. The van der Waals surface area contributed by atoms with Crippen LogP contribution in [0.15, 0.2) is 42.5 Å². The zero-order valence-corrected chi connectivity index (χ0v) is 16.1. The van der Waals surface area contributed by atoms with Crippen molar-refractivity contribution in [2.24, 2.45) is 0 Å². The van der Waals surface area contributed by atoms with Gasteiger partial charge in [-0.05, 0) is 41.0 Å². The van der Waals surface area contributed by atoms with Gasteiger partial charge in [-0.2, -0.15) is 0 Å². The first-order valence-electron chi connectivity index (χ1n) is 9.19. The lowest BCUT2D eigenvalue weighted by molar-refractivity contribution is 0.0734. The molecule has 2 rings (SSSR count). The van der Waals surface area contributed by atoms with Gasteiger partial charge < -0.3 is 20.1 Å². The Morgan fingerprint density at radius 3 is 1.85 bits per heavy atom. The van der Waals surface area contributed by atoms with Gasteiger partial charge in [0.05, 0.1) is 5.56 Å². The predicted octanol–water partition coefficient (Wildman–Crippen LogP) is 3.19. The first kappa shape index (κ1) is 21.1. The average molecular weight is 372 g/mol. The number of aliphatic hydroxyl groups is 3. The second-order valence-corrected chi connectivity index (χ2v) is 7.10. The van der Waals surface area contributed by atoms with Crippen molar-refractivity contribution >= 4 is 5.97 Å². The van der Waals surface area contributed by atoms with E-state index in [1.165, 1.54) is 0 Å². The normalized spacial score (nSPS) is 14.4. The molecule has 0 spiro atoms. The van der Waals surface area contributed by atoms with Gasteiger partial charge in [-0.1, -0.05) is 39.0 Å². The van der Waals surface area contributed by atoms with E-state index in [0.717, 1.165) is 16.7 Å². The highest BCUT2D eigenvalue weighted by Gasteiger charge is 2.16. The highest BCUT2D eigenvalue weighted by molar-refractivity contribution is 5.91. The van der Waals surface area contributed by atoms with Crippen molar-refractivity contribution in [2.75, 3.05) is 19.8 Å². The fourth-order valence-electron chi connectivity index (χ4n) is 2.73. The van der Waals surface area contributed by atoms with Crippen LogP contribution in [0, 0.1) is 0 Å². The molecule has 0 aliphatic rings. The summed E-state index contributed by atoms with van der Waals surface area (Å²) < 4.78 is 5.57. The van der Waals surface area contributed by atoms with Crippen molar-refractivity contribution in [2.45, 2.75) is 38.5 Å². The highest BCUT2D eigenvalue weighted by atomic mass is 16.5. The fraction of sp³-hybridized carbons (Fsp3) is 0.409. The summed E-state index contributed by atoms with van der Waals surface area (Å²) in [4.78, 5) is 12.6. The van der Waals surface area contributed by atoms with Crippen LogP contribution in [0.25, 0.3) is 0 Å². The number of carbonyl (C=O) groups excluding carboxylic acids is 1. The summed E-state index contributed by atoms with van der Waals surface area (Å²) in [7, 11) is 0. The molecule has 0 amide bonds. The molecule has 0 saturated heterocycles. The molecule has 0 radical (unpaired) electrons. The molecule has 5 heteroatoms. The minimum atomic E-state index is -0.488. The van der Waals surface area contributed by atoms with E-state index in [4.69, 9.17) is 4.74 Å². The van der Waals surface area contributed by atoms with Gasteiger partial charge in [-0.3, -0.25) is 0 Å². The van der Waals surface area contributed by atoms with Crippen LogP contribution in [-0.2, 0) is 0 Å². The van der Waals surface area contributed by atoms with Gasteiger partial charge >= 0.3 is 5.97 Å². The molecule has 0 heterocycles. The summed E-state index contributed by atoms with van der Waals surface area (Å²) in [6.07, 6.45) is 0. The van der Waals surface area contributed by atoms with E-state index in [2.05, 4.69) is 0 Å². The second kappa shape index (κ2) is 9.65. The summed E-state index contributed by atoms with van der Waals surface area (Å²) in [6, 6.07) is 12.4. The van der Waals surface area contributed by atoms with Crippen LogP contribution in [0.2, 0.25) is 0 Å². The largest absolute Gasteiger partial charge is 0.423 e. The number of esters is 1. The van der Waals surface area contributed by atoms with Gasteiger partial charge in [-0.25, -0.2) is 4.79 Å². The maximum Gasteiger partial charge on any atom is 0.343 e. The third-order valence-electron chi connectivity index (χ3n) is 4.81. The van der Waals surface area contributed by atoms with Gasteiger partial charge in [0.2, 0.25) is 0 Å². The summed E-state index contributed by atoms with van der Waals surface area (Å²) in [6.45, 7) is 5.60. The quantitative estimate of drug-likeness (QED) is 0.489. The maximum atomic E-state index is 12.6. The third kappa shape index (κ3) is 5.39. The molecule has 0 aromatic heterocycles. The van der Waals surface area contributed by atoms with E-state index in [1.807, 2.05) is 32.9 Å². The minimum absolute atomic E-state index is 0.00199. The molecule has 146 valence electrons. The Morgan fingerprint density at radius 1 is 0.815 bits per heavy atom. The van der Waals surface area contributed by atoms with Gasteiger partial charge in [0.15, 0.2) is 0 Å². The van der Waals surface area contributed by atoms with Gasteiger partial charge in [0, 0.05) is 37.6 Å². The standard InChI is InChI=1S/C22H28O5/c1-14(11-23)17-5-4-6-18(7-17)22(26)27-21-9-19(15(2)12-24)8-20(10-21)16(3)13-25/h4-10,14-16,23-25H,11-13H2,1-3H3. The molecule has 5 nitrogen and oxygen atoms in total. The van der Waals surface area contributed by atoms with E-state index in [0.29, 0.717) is 11.3 Å². The van der Waals surface area contributed by atoms with Crippen molar-refractivity contribution in [3.63, 3.8) is 0 Å². The summed E-state index contributed by atoms with van der Waals surface area (Å²) in [5.41, 5.74) is 2.97. The number of benzene rings is 2. The van der Waals surface area contributed by atoms with Crippen LogP contribution in [0.3, 0.4) is 0 Å². The molecule has 0 aliphatic heterocycles. The van der Waals surface area contributed by atoms with E-state index in [1.54, 1.807) is 30.3 Å². The molecule has 0 bridgehead atoms. The third-order valence-corrected chi connectivity index (χ3v) is 4.81. The molecular formula is C22H28O5. The van der Waals surface area contributed by atoms with Crippen molar-refractivity contribution < 1.29 is 24.9 Å². The van der Waals surface area contributed by atoms with Crippen LogP contribution in [0.4, 0.5) is 0 Å². The van der Waals surface area contributed by atoms with Gasteiger partial charge in [0.25, 0.3) is 0 Å². The first-order chi connectivity index (χ1) is 12.9. The van der Waals surface area contributed by atoms with Gasteiger partial charge in [-0.15, -0.1) is 0 Å². The predicted molar refractivity (Wildman–Crippen MR) is 104 cm³/mol. The Morgan fingerprint density at radius 2 is 1.33 bits per heavy atom. The van der Waals surface area contributed by atoms with Crippen molar-refractivity contribution in [3.05, 3.63) is 64.7 Å². The second-order valence-electron chi connectivity index (χ2n) is 7.10. The van der Waals surface area contributed by atoms with Gasteiger partial charge in [0.1, 0.15) is 5.75 Å². The smallest absolute Gasteiger partial charge is 0.343 e. The molecule has 2 aromatic rings. The summed E-state index contributed by atoms with van der Waals surface area (Å²) in [5, 5.41) is 28.2. The number of hydrogen-bond acceptors (Lipinski definition) is 5. The van der Waals surface area contributed by atoms with Crippen LogP contribution in [0.5, 0.6) is 5.75 Å². The lowest BCUT2D eigenvalue weighted by Gasteiger charge is -2.16. The van der Waals surface area contributed by atoms with Crippen molar-refractivity contribution in [3.8, 4) is 5.75 Å². The fourth-order valence-corrected chi connectivity index (χ4v) is 2.73. The topological polar surface area (TPSA) is 87.0 Å². The lowest BCUT2D eigenvalue weighted by atomic mass is 9.94. The van der Waals surface area contributed by atoms with E-state index < -0.39 is 5.97 Å². The Labute approximate surface area is 160 Å². The Hall–Kier alpha value is -2.21. The molecule has 2 aromatic carbocycles. The monoisotopic (exact) mass is 372 g/mol. The Balaban J connectivity index is 2.31. The first-order valence-corrected chi connectivity index (χ1v) is 9.19. The number of aliphatic hydroxyl groups excluding tert-OH is 3. The molecule has 0 fully saturated rings. The van der Waals surface area contributed by atoms with Crippen LogP contribution >= 0.6 is 0 Å². The summed E-state index contributed by atoms with van der Waals surface area (Å²) in [5.74, 6) is -0.389. The lowest BCUT2D eigenvalue weighted by Crippen LogP contribution is -2.11. The Kier molecular flexibility index (Phi) is 7.54. The molecule has 3 atom stereocenters. The van der Waals surface area contributed by atoms with E-state index in [9.17, 15) is 20.1 Å². The molecule has 3 N–H and O–H groups in total. The minimum Gasteiger partial charge on any atom is -0.423 e. The van der Waals surface area contributed by atoms with E-state index >= 15 is 0 Å². The average Bonchev–Trinajstić information content (AvgIpc) is 2.71. The number of rotatable bonds is 8. The molecular weight excluding hydrogens is 344 g/mol. The molecule has 27 heavy (non-hydrogen) atoms. The zero-order valence-electron chi connectivity index (χ0n) is 16.1. The highest BCUT2D eigenvalue weighted by Crippen LogP contribution is 2.28. The molecule has 3 unspecified atom stereocenters. The van der Waals surface area contributed by atoms with Crippen molar-refractivity contribution in [1.29, 1.82) is 0 Å².